The summed E-state index contributed by atoms with van der Waals surface area (Å²) in [4.78, 5) is 0. The summed E-state index contributed by atoms with van der Waals surface area (Å²) in [5.41, 5.74) is 0.575. The van der Waals surface area contributed by atoms with E-state index in [1.807, 2.05) is 0 Å². The van der Waals surface area contributed by atoms with Crippen LogP contribution in [0.4, 0.5) is 4.39 Å². The minimum Gasteiger partial charge on any atom is -0.316 e. The standard InChI is InChI=1S/C10H18FN/c11-7-9-1-3-10(4-2-9)5-6-12-8-10/h9,12H,1-8H2. The normalized spacial score (nSPS) is 42.2. The van der Waals surface area contributed by atoms with Crippen LogP contribution in [0.2, 0.25) is 0 Å². The number of rotatable bonds is 1. The van der Waals surface area contributed by atoms with E-state index < -0.39 is 0 Å². The maximum atomic E-state index is 12.3. The van der Waals surface area contributed by atoms with Gasteiger partial charge in [0.05, 0.1) is 6.67 Å². The molecule has 12 heavy (non-hydrogen) atoms. The first-order valence-electron chi connectivity index (χ1n) is 5.11. The van der Waals surface area contributed by atoms with Crippen molar-refractivity contribution in [2.45, 2.75) is 32.1 Å². The van der Waals surface area contributed by atoms with E-state index in [4.69, 9.17) is 0 Å². The second-order valence-electron chi connectivity index (χ2n) is 4.52. The van der Waals surface area contributed by atoms with Crippen LogP contribution in [0.1, 0.15) is 32.1 Å². The summed E-state index contributed by atoms with van der Waals surface area (Å²) >= 11 is 0. The van der Waals surface area contributed by atoms with Crippen molar-refractivity contribution in [3.63, 3.8) is 0 Å². The van der Waals surface area contributed by atoms with E-state index in [0.29, 0.717) is 11.3 Å². The van der Waals surface area contributed by atoms with Crippen LogP contribution in [-0.4, -0.2) is 19.8 Å². The highest BCUT2D eigenvalue weighted by molar-refractivity contribution is 4.91. The molecule has 0 bridgehead atoms. The number of halogens is 1. The topological polar surface area (TPSA) is 12.0 Å². The zero-order chi connectivity index (χ0) is 8.44. The molecule has 1 N–H and O–H groups in total. The first kappa shape index (κ1) is 8.49. The fourth-order valence-corrected chi connectivity index (χ4v) is 2.67. The molecule has 1 aliphatic heterocycles. The largest absolute Gasteiger partial charge is 0.316 e. The van der Waals surface area contributed by atoms with Gasteiger partial charge in [-0.2, -0.15) is 0 Å². The van der Waals surface area contributed by atoms with E-state index in [-0.39, 0.29) is 6.67 Å². The molecule has 1 saturated carbocycles. The molecule has 2 heteroatoms. The van der Waals surface area contributed by atoms with Gasteiger partial charge in [0.1, 0.15) is 0 Å². The lowest BCUT2D eigenvalue weighted by Crippen LogP contribution is -2.30. The lowest BCUT2D eigenvalue weighted by atomic mass is 9.70. The van der Waals surface area contributed by atoms with E-state index in [1.165, 1.54) is 32.4 Å². The third-order valence-corrected chi connectivity index (χ3v) is 3.72. The Bertz CT molecular complexity index is 142. The second-order valence-corrected chi connectivity index (χ2v) is 4.52. The Morgan fingerprint density at radius 2 is 2.00 bits per heavy atom. The van der Waals surface area contributed by atoms with Gasteiger partial charge in [0.15, 0.2) is 0 Å². The van der Waals surface area contributed by atoms with Gasteiger partial charge in [-0.05, 0) is 50.0 Å². The van der Waals surface area contributed by atoms with Crippen LogP contribution in [0.25, 0.3) is 0 Å². The Morgan fingerprint density at radius 1 is 1.25 bits per heavy atom. The SMILES string of the molecule is FCC1CCC2(CCNC2)CC1. The van der Waals surface area contributed by atoms with Crippen LogP contribution in [0, 0.1) is 11.3 Å². The van der Waals surface area contributed by atoms with Crippen molar-refractivity contribution >= 4 is 0 Å². The van der Waals surface area contributed by atoms with Gasteiger partial charge in [-0.25, -0.2) is 0 Å². The third kappa shape index (κ3) is 1.49. The highest BCUT2D eigenvalue weighted by Gasteiger charge is 2.37. The minimum atomic E-state index is -0.0937. The van der Waals surface area contributed by atoms with Crippen molar-refractivity contribution in [3.8, 4) is 0 Å². The third-order valence-electron chi connectivity index (χ3n) is 3.72. The van der Waals surface area contributed by atoms with Crippen LogP contribution in [0.15, 0.2) is 0 Å². The van der Waals surface area contributed by atoms with Crippen LogP contribution in [-0.2, 0) is 0 Å². The van der Waals surface area contributed by atoms with Gasteiger partial charge in [0.2, 0.25) is 0 Å². The lowest BCUT2D eigenvalue weighted by molar-refractivity contribution is 0.152. The summed E-state index contributed by atoms with van der Waals surface area (Å²) in [5.74, 6) is 0.385. The number of nitrogens with one attached hydrogen (secondary N) is 1. The van der Waals surface area contributed by atoms with Crippen LogP contribution in [0.5, 0.6) is 0 Å². The van der Waals surface area contributed by atoms with Crippen LogP contribution >= 0.6 is 0 Å². The van der Waals surface area contributed by atoms with Crippen LogP contribution in [0.3, 0.4) is 0 Å². The first-order chi connectivity index (χ1) is 5.85. The number of hydrogen-bond donors (Lipinski definition) is 1. The van der Waals surface area contributed by atoms with Gasteiger partial charge >= 0.3 is 0 Å². The molecule has 0 aromatic carbocycles. The van der Waals surface area contributed by atoms with Gasteiger partial charge in [-0.3, -0.25) is 4.39 Å². The molecular formula is C10H18FN. The van der Waals surface area contributed by atoms with E-state index in [1.54, 1.807) is 0 Å². The molecule has 0 radical (unpaired) electrons. The number of alkyl halides is 1. The van der Waals surface area contributed by atoms with Crippen molar-refractivity contribution in [1.29, 1.82) is 0 Å². The van der Waals surface area contributed by atoms with Gasteiger partial charge in [-0.1, -0.05) is 0 Å². The molecule has 70 valence electrons. The van der Waals surface area contributed by atoms with Crippen molar-refractivity contribution in [3.05, 3.63) is 0 Å². The molecule has 1 heterocycles. The smallest absolute Gasteiger partial charge is 0.0922 e. The molecule has 2 aliphatic rings. The first-order valence-corrected chi connectivity index (χ1v) is 5.11. The molecule has 2 fully saturated rings. The molecule has 1 saturated heterocycles. The Kier molecular flexibility index (Phi) is 2.35. The Balaban J connectivity index is 1.88. The lowest BCUT2D eigenvalue weighted by Gasteiger charge is -2.35. The molecule has 0 aromatic rings. The Morgan fingerprint density at radius 3 is 2.50 bits per heavy atom. The van der Waals surface area contributed by atoms with Crippen LogP contribution < -0.4 is 5.32 Å². The van der Waals surface area contributed by atoms with Gasteiger partial charge in [0.25, 0.3) is 0 Å². The summed E-state index contributed by atoms with van der Waals surface area (Å²) in [6.07, 6.45) is 6.09. The maximum absolute atomic E-state index is 12.3. The predicted molar refractivity (Wildman–Crippen MR) is 47.9 cm³/mol. The summed E-state index contributed by atoms with van der Waals surface area (Å²) in [7, 11) is 0. The van der Waals surface area contributed by atoms with Crippen molar-refractivity contribution in [1.82, 2.24) is 5.32 Å². The molecule has 1 spiro atoms. The fraction of sp³-hybridized carbons (Fsp3) is 1.00. The maximum Gasteiger partial charge on any atom is 0.0922 e. The fourth-order valence-electron chi connectivity index (χ4n) is 2.67. The molecule has 0 amide bonds. The molecule has 0 unspecified atom stereocenters. The van der Waals surface area contributed by atoms with Gasteiger partial charge in [0, 0.05) is 6.54 Å². The van der Waals surface area contributed by atoms with Gasteiger partial charge < -0.3 is 5.32 Å². The summed E-state index contributed by atoms with van der Waals surface area (Å²) in [5, 5.41) is 3.42. The molecule has 1 nitrogen and oxygen atoms in total. The predicted octanol–water partition coefficient (Wildman–Crippen LogP) is 2.13. The quantitative estimate of drug-likeness (QED) is 0.637. The van der Waals surface area contributed by atoms with Crippen molar-refractivity contribution in [2.24, 2.45) is 11.3 Å². The average Bonchev–Trinajstić information content (AvgIpc) is 2.55. The van der Waals surface area contributed by atoms with Gasteiger partial charge in [-0.15, -0.1) is 0 Å². The summed E-state index contributed by atoms with van der Waals surface area (Å²) in [6, 6.07) is 0. The number of hydrogen-bond acceptors (Lipinski definition) is 1. The highest BCUT2D eigenvalue weighted by Crippen LogP contribution is 2.42. The second kappa shape index (κ2) is 3.33. The molecule has 0 atom stereocenters. The van der Waals surface area contributed by atoms with Crippen molar-refractivity contribution < 1.29 is 4.39 Å². The molecule has 0 aromatic heterocycles. The summed E-state index contributed by atoms with van der Waals surface area (Å²) < 4.78 is 12.3. The van der Waals surface area contributed by atoms with E-state index >= 15 is 0 Å². The van der Waals surface area contributed by atoms with E-state index in [0.717, 1.165) is 12.8 Å². The minimum absolute atomic E-state index is 0.0937. The molecule has 1 aliphatic carbocycles. The Hall–Kier alpha value is -0.110. The van der Waals surface area contributed by atoms with E-state index in [9.17, 15) is 4.39 Å². The summed E-state index contributed by atoms with van der Waals surface area (Å²) in [6.45, 7) is 2.27. The average molecular weight is 171 g/mol. The monoisotopic (exact) mass is 171 g/mol. The molecule has 2 rings (SSSR count). The molecular weight excluding hydrogens is 153 g/mol. The zero-order valence-corrected chi connectivity index (χ0v) is 7.61. The Labute approximate surface area is 73.7 Å². The van der Waals surface area contributed by atoms with E-state index in [2.05, 4.69) is 5.32 Å². The van der Waals surface area contributed by atoms with Crippen molar-refractivity contribution in [2.75, 3.05) is 19.8 Å². The highest BCUT2D eigenvalue weighted by atomic mass is 19.1. The zero-order valence-electron chi connectivity index (χ0n) is 7.61.